The van der Waals surface area contributed by atoms with Crippen molar-refractivity contribution < 1.29 is 9.59 Å². The molecule has 1 unspecified atom stereocenters. The van der Waals surface area contributed by atoms with Gasteiger partial charge in [-0.25, -0.2) is 0 Å². The van der Waals surface area contributed by atoms with Crippen LogP contribution in [0.25, 0.3) is 0 Å². The summed E-state index contributed by atoms with van der Waals surface area (Å²) >= 11 is 3.47. The highest BCUT2D eigenvalue weighted by atomic mass is 79.9. The van der Waals surface area contributed by atoms with Gasteiger partial charge in [-0.05, 0) is 17.0 Å². The van der Waals surface area contributed by atoms with Crippen LogP contribution in [0.4, 0.5) is 0 Å². The lowest BCUT2D eigenvalue weighted by Gasteiger charge is -2.39. The summed E-state index contributed by atoms with van der Waals surface area (Å²) < 4.78 is 0.950. The lowest BCUT2D eigenvalue weighted by Crippen LogP contribution is -2.61. The SMILES string of the molecule is CC(C)(C)C1NC(=O)CN(Cc2ccccc2Br)C1=O. The molecule has 1 heterocycles. The van der Waals surface area contributed by atoms with Crippen LogP contribution in [0.2, 0.25) is 0 Å². The molecule has 1 aliphatic heterocycles. The summed E-state index contributed by atoms with van der Waals surface area (Å²) in [5.74, 6) is -0.121. The highest BCUT2D eigenvalue weighted by Gasteiger charge is 2.39. The second-order valence-electron chi connectivity index (χ2n) is 6.15. The number of carbonyl (C=O) groups excluding carboxylic acids is 2. The molecule has 0 saturated carbocycles. The van der Waals surface area contributed by atoms with Crippen LogP contribution in [0.1, 0.15) is 26.3 Å². The normalized spacial score (nSPS) is 20.0. The predicted octanol–water partition coefficient (Wildman–Crippen LogP) is 2.32. The fourth-order valence-electron chi connectivity index (χ4n) is 2.26. The van der Waals surface area contributed by atoms with Crippen molar-refractivity contribution >= 4 is 27.7 Å². The molecule has 20 heavy (non-hydrogen) atoms. The number of carbonyl (C=O) groups is 2. The van der Waals surface area contributed by atoms with Gasteiger partial charge in [0.2, 0.25) is 11.8 Å². The molecule has 1 atom stereocenters. The van der Waals surface area contributed by atoms with Crippen LogP contribution >= 0.6 is 15.9 Å². The highest BCUT2D eigenvalue weighted by molar-refractivity contribution is 9.10. The fourth-order valence-corrected chi connectivity index (χ4v) is 2.67. The summed E-state index contributed by atoms with van der Waals surface area (Å²) in [4.78, 5) is 26.0. The molecule has 1 saturated heterocycles. The van der Waals surface area contributed by atoms with E-state index in [1.807, 2.05) is 45.0 Å². The number of hydrogen-bond donors (Lipinski definition) is 1. The molecular formula is C15H19BrN2O2. The first-order valence-corrected chi connectivity index (χ1v) is 7.40. The Labute approximate surface area is 127 Å². The van der Waals surface area contributed by atoms with E-state index in [9.17, 15) is 9.59 Å². The Hall–Kier alpha value is -1.36. The third kappa shape index (κ3) is 3.20. The maximum atomic E-state index is 12.5. The Morgan fingerprint density at radius 2 is 1.95 bits per heavy atom. The molecule has 0 bridgehead atoms. The first-order valence-electron chi connectivity index (χ1n) is 6.60. The molecule has 1 aromatic rings. The third-order valence-corrected chi connectivity index (χ3v) is 4.16. The van der Waals surface area contributed by atoms with Crippen LogP contribution in [0.3, 0.4) is 0 Å². The molecule has 2 amide bonds. The molecule has 4 nitrogen and oxygen atoms in total. The van der Waals surface area contributed by atoms with Gasteiger partial charge in [-0.2, -0.15) is 0 Å². The number of benzene rings is 1. The van der Waals surface area contributed by atoms with Crippen LogP contribution in [0, 0.1) is 5.41 Å². The smallest absolute Gasteiger partial charge is 0.246 e. The van der Waals surface area contributed by atoms with E-state index in [4.69, 9.17) is 0 Å². The molecule has 1 N–H and O–H groups in total. The largest absolute Gasteiger partial charge is 0.342 e. The molecule has 0 aliphatic carbocycles. The number of rotatable bonds is 2. The fraction of sp³-hybridized carbons (Fsp3) is 0.467. The molecule has 1 aliphatic rings. The topological polar surface area (TPSA) is 49.4 Å². The molecule has 1 fully saturated rings. The van der Waals surface area contributed by atoms with E-state index in [2.05, 4.69) is 21.2 Å². The van der Waals surface area contributed by atoms with E-state index in [0.29, 0.717) is 6.54 Å². The zero-order valence-electron chi connectivity index (χ0n) is 11.9. The Morgan fingerprint density at radius 3 is 2.55 bits per heavy atom. The van der Waals surface area contributed by atoms with Crippen molar-refractivity contribution in [2.75, 3.05) is 6.54 Å². The number of nitrogens with zero attached hydrogens (tertiary/aromatic N) is 1. The van der Waals surface area contributed by atoms with Gasteiger partial charge in [0.05, 0.1) is 6.54 Å². The molecule has 0 spiro atoms. The number of nitrogens with one attached hydrogen (secondary N) is 1. The summed E-state index contributed by atoms with van der Waals surface area (Å²) in [5.41, 5.74) is 0.711. The first-order chi connectivity index (χ1) is 9.29. The van der Waals surface area contributed by atoms with Crippen molar-refractivity contribution in [3.8, 4) is 0 Å². The van der Waals surface area contributed by atoms with Crippen LogP contribution in [-0.4, -0.2) is 29.3 Å². The Balaban J connectivity index is 2.21. The number of piperazine rings is 1. The van der Waals surface area contributed by atoms with E-state index in [0.717, 1.165) is 10.0 Å². The standard InChI is InChI=1S/C15H19BrN2O2/c1-15(2,3)13-14(20)18(9-12(19)17-13)8-10-6-4-5-7-11(10)16/h4-7,13H,8-9H2,1-3H3,(H,17,19). The first kappa shape index (κ1) is 15.0. The van der Waals surface area contributed by atoms with Gasteiger partial charge < -0.3 is 10.2 Å². The van der Waals surface area contributed by atoms with Crippen LogP contribution in [-0.2, 0) is 16.1 Å². The maximum Gasteiger partial charge on any atom is 0.246 e. The molecule has 2 rings (SSSR count). The van der Waals surface area contributed by atoms with E-state index in [-0.39, 0.29) is 23.8 Å². The lowest BCUT2D eigenvalue weighted by molar-refractivity contribution is -0.147. The summed E-state index contributed by atoms with van der Waals surface area (Å²) in [7, 11) is 0. The van der Waals surface area contributed by atoms with E-state index in [1.54, 1.807) is 4.90 Å². The van der Waals surface area contributed by atoms with Crippen LogP contribution in [0.15, 0.2) is 28.7 Å². The van der Waals surface area contributed by atoms with Gasteiger partial charge in [-0.3, -0.25) is 9.59 Å². The average Bonchev–Trinajstić information content (AvgIpc) is 2.34. The predicted molar refractivity (Wildman–Crippen MR) is 80.9 cm³/mol. The molecule has 5 heteroatoms. The molecule has 0 radical (unpaired) electrons. The monoisotopic (exact) mass is 338 g/mol. The van der Waals surface area contributed by atoms with E-state index >= 15 is 0 Å². The minimum absolute atomic E-state index is 0.0205. The van der Waals surface area contributed by atoms with Crippen molar-refractivity contribution in [1.82, 2.24) is 10.2 Å². The summed E-state index contributed by atoms with van der Waals surface area (Å²) in [6, 6.07) is 7.28. The molecular weight excluding hydrogens is 320 g/mol. The van der Waals surface area contributed by atoms with Gasteiger partial charge in [0, 0.05) is 11.0 Å². The van der Waals surface area contributed by atoms with Crippen molar-refractivity contribution in [1.29, 1.82) is 0 Å². The summed E-state index contributed by atoms with van der Waals surface area (Å²) in [5, 5.41) is 2.79. The van der Waals surface area contributed by atoms with Gasteiger partial charge >= 0.3 is 0 Å². The number of halogens is 1. The molecule has 1 aromatic carbocycles. The van der Waals surface area contributed by atoms with Crippen LogP contribution < -0.4 is 5.32 Å². The van der Waals surface area contributed by atoms with E-state index in [1.165, 1.54) is 0 Å². The summed E-state index contributed by atoms with van der Waals surface area (Å²) in [6.07, 6.45) is 0. The summed E-state index contributed by atoms with van der Waals surface area (Å²) in [6.45, 7) is 6.43. The zero-order chi connectivity index (χ0) is 14.9. The lowest BCUT2D eigenvalue weighted by atomic mass is 9.84. The van der Waals surface area contributed by atoms with Gasteiger partial charge in [0.1, 0.15) is 6.04 Å². The Bertz CT molecular complexity index is 537. The maximum absolute atomic E-state index is 12.5. The highest BCUT2D eigenvalue weighted by Crippen LogP contribution is 2.25. The molecule has 108 valence electrons. The Kier molecular flexibility index (Phi) is 4.18. The number of hydrogen-bond acceptors (Lipinski definition) is 2. The number of amides is 2. The van der Waals surface area contributed by atoms with Crippen molar-refractivity contribution in [3.05, 3.63) is 34.3 Å². The minimum Gasteiger partial charge on any atom is -0.342 e. The van der Waals surface area contributed by atoms with Gasteiger partial charge in [-0.1, -0.05) is 54.9 Å². The Morgan fingerprint density at radius 1 is 1.30 bits per heavy atom. The zero-order valence-corrected chi connectivity index (χ0v) is 13.5. The quantitative estimate of drug-likeness (QED) is 0.899. The van der Waals surface area contributed by atoms with Crippen molar-refractivity contribution in [2.45, 2.75) is 33.4 Å². The van der Waals surface area contributed by atoms with Crippen LogP contribution in [0.5, 0.6) is 0 Å². The van der Waals surface area contributed by atoms with Gasteiger partial charge in [-0.15, -0.1) is 0 Å². The van der Waals surface area contributed by atoms with Crippen molar-refractivity contribution in [2.24, 2.45) is 5.41 Å². The van der Waals surface area contributed by atoms with Gasteiger partial charge in [0.25, 0.3) is 0 Å². The van der Waals surface area contributed by atoms with E-state index < -0.39 is 6.04 Å². The van der Waals surface area contributed by atoms with Gasteiger partial charge in [0.15, 0.2) is 0 Å². The van der Waals surface area contributed by atoms with Crippen molar-refractivity contribution in [3.63, 3.8) is 0 Å². The minimum atomic E-state index is -0.466. The molecule has 0 aromatic heterocycles. The second kappa shape index (κ2) is 5.56. The second-order valence-corrected chi connectivity index (χ2v) is 7.01. The third-order valence-electron chi connectivity index (χ3n) is 3.38. The average molecular weight is 339 g/mol.